The van der Waals surface area contributed by atoms with Gasteiger partial charge >= 0.3 is 0 Å². The molecule has 60 valence electrons. The zero-order valence-corrected chi connectivity index (χ0v) is 7.02. The van der Waals surface area contributed by atoms with Crippen molar-refractivity contribution in [3.8, 4) is 0 Å². The molecule has 1 heterocycles. The number of nitrogens with one attached hydrogen (secondary N) is 1. The fraction of sp³-hybridized carbons (Fsp3) is 0.286. The molecule has 0 fully saturated rings. The van der Waals surface area contributed by atoms with Gasteiger partial charge in [-0.15, -0.1) is 0 Å². The smallest absolute Gasteiger partial charge is 0.149 e. The molecule has 0 spiro atoms. The summed E-state index contributed by atoms with van der Waals surface area (Å²) in [5, 5.41) is 3.57. The molecule has 0 aliphatic heterocycles. The quantitative estimate of drug-likeness (QED) is 0.713. The highest BCUT2D eigenvalue weighted by atomic mass is 35.5. The van der Waals surface area contributed by atoms with Gasteiger partial charge in [0.2, 0.25) is 0 Å². The number of hydrogen-bond acceptors (Lipinski definition) is 3. The Morgan fingerprint density at radius 1 is 1.73 bits per heavy atom. The van der Waals surface area contributed by atoms with Crippen molar-refractivity contribution in [1.29, 1.82) is 0 Å². The highest BCUT2D eigenvalue weighted by Gasteiger charge is 1.98. The van der Waals surface area contributed by atoms with Crippen LogP contribution in [0.15, 0.2) is 12.3 Å². The molecule has 3 nitrogen and oxygen atoms in total. The monoisotopic (exact) mass is 171 g/mol. The normalized spacial score (nSPS) is 9.64. The first-order chi connectivity index (χ1) is 5.24. The van der Waals surface area contributed by atoms with Gasteiger partial charge in [-0.05, 0) is 13.0 Å². The van der Waals surface area contributed by atoms with E-state index in [9.17, 15) is 0 Å². The van der Waals surface area contributed by atoms with E-state index in [1.165, 1.54) is 0 Å². The summed E-state index contributed by atoms with van der Waals surface area (Å²) in [4.78, 5) is 4.00. The minimum Gasteiger partial charge on any atom is -0.396 e. The van der Waals surface area contributed by atoms with Gasteiger partial charge in [-0.2, -0.15) is 0 Å². The van der Waals surface area contributed by atoms with E-state index in [0.29, 0.717) is 16.5 Å². The molecule has 1 aromatic rings. The molecule has 0 saturated heterocycles. The molecule has 0 unspecified atom stereocenters. The lowest BCUT2D eigenvalue weighted by Crippen LogP contribution is -2.02. The number of hydrogen-bond donors (Lipinski definition) is 2. The van der Waals surface area contributed by atoms with Crippen LogP contribution in [0.5, 0.6) is 0 Å². The minimum atomic E-state index is 0.559. The SMILES string of the molecule is CCNc1ncc(Cl)cc1N. The van der Waals surface area contributed by atoms with E-state index in [1.54, 1.807) is 12.3 Å². The summed E-state index contributed by atoms with van der Waals surface area (Å²) >= 11 is 5.65. The molecule has 0 saturated carbocycles. The van der Waals surface area contributed by atoms with Crippen LogP contribution in [-0.2, 0) is 0 Å². The zero-order chi connectivity index (χ0) is 8.27. The standard InChI is InChI=1S/C7H10ClN3/c1-2-10-7-6(9)3-5(8)4-11-7/h3-4H,2,9H2,1H3,(H,10,11). The molecule has 0 amide bonds. The minimum absolute atomic E-state index is 0.559. The predicted molar refractivity (Wildman–Crippen MR) is 47.8 cm³/mol. The molecule has 0 aromatic carbocycles. The Hall–Kier alpha value is -0.960. The number of aromatic nitrogens is 1. The molecule has 1 rings (SSSR count). The topological polar surface area (TPSA) is 50.9 Å². The third-order valence-corrected chi connectivity index (χ3v) is 1.43. The van der Waals surface area contributed by atoms with E-state index in [2.05, 4.69) is 10.3 Å². The molecule has 0 bridgehead atoms. The summed E-state index contributed by atoms with van der Waals surface area (Å²) < 4.78 is 0. The Labute approximate surface area is 70.6 Å². The van der Waals surface area contributed by atoms with E-state index in [0.717, 1.165) is 6.54 Å². The third-order valence-electron chi connectivity index (χ3n) is 1.23. The number of nitrogens with two attached hydrogens (primary N) is 1. The Morgan fingerprint density at radius 2 is 2.45 bits per heavy atom. The summed E-state index contributed by atoms with van der Waals surface area (Å²) in [6.07, 6.45) is 1.57. The lowest BCUT2D eigenvalue weighted by Gasteiger charge is -2.04. The fourth-order valence-electron chi connectivity index (χ4n) is 0.770. The zero-order valence-electron chi connectivity index (χ0n) is 6.26. The Kier molecular flexibility index (Phi) is 2.54. The van der Waals surface area contributed by atoms with Crippen LogP contribution in [0.4, 0.5) is 11.5 Å². The predicted octanol–water partition coefficient (Wildman–Crippen LogP) is 1.75. The Bertz CT molecular complexity index is 249. The van der Waals surface area contributed by atoms with Crippen molar-refractivity contribution >= 4 is 23.1 Å². The van der Waals surface area contributed by atoms with Crippen molar-refractivity contribution in [3.63, 3.8) is 0 Å². The molecular weight excluding hydrogens is 162 g/mol. The first kappa shape index (κ1) is 8.14. The van der Waals surface area contributed by atoms with E-state index >= 15 is 0 Å². The van der Waals surface area contributed by atoms with Gasteiger partial charge in [-0.25, -0.2) is 4.98 Å². The maximum atomic E-state index is 5.65. The van der Waals surface area contributed by atoms with Gasteiger partial charge in [0.05, 0.1) is 10.7 Å². The average Bonchev–Trinajstić information content (AvgIpc) is 1.95. The number of nitrogen functional groups attached to an aromatic ring is 1. The van der Waals surface area contributed by atoms with Gasteiger partial charge in [-0.3, -0.25) is 0 Å². The molecule has 11 heavy (non-hydrogen) atoms. The van der Waals surface area contributed by atoms with Crippen molar-refractivity contribution in [2.45, 2.75) is 6.92 Å². The van der Waals surface area contributed by atoms with Crippen LogP contribution in [0.1, 0.15) is 6.92 Å². The van der Waals surface area contributed by atoms with Crippen LogP contribution < -0.4 is 11.1 Å². The van der Waals surface area contributed by atoms with E-state index in [-0.39, 0.29) is 0 Å². The van der Waals surface area contributed by atoms with Crippen LogP contribution in [0.2, 0.25) is 5.02 Å². The highest BCUT2D eigenvalue weighted by molar-refractivity contribution is 6.30. The van der Waals surface area contributed by atoms with Gasteiger partial charge in [0.1, 0.15) is 5.82 Å². The number of rotatable bonds is 2. The molecule has 4 heteroatoms. The van der Waals surface area contributed by atoms with Crippen molar-refractivity contribution in [2.24, 2.45) is 0 Å². The van der Waals surface area contributed by atoms with E-state index < -0.39 is 0 Å². The van der Waals surface area contributed by atoms with Gasteiger partial charge < -0.3 is 11.1 Å². The van der Waals surface area contributed by atoms with Crippen LogP contribution in [-0.4, -0.2) is 11.5 Å². The molecular formula is C7H10ClN3. The summed E-state index contributed by atoms with van der Waals surface area (Å²) in [5.41, 5.74) is 6.18. The highest BCUT2D eigenvalue weighted by Crippen LogP contribution is 2.18. The molecule has 0 radical (unpaired) electrons. The maximum absolute atomic E-state index is 5.65. The maximum Gasteiger partial charge on any atom is 0.149 e. The summed E-state index contributed by atoms with van der Waals surface area (Å²) in [6, 6.07) is 1.67. The van der Waals surface area contributed by atoms with Crippen molar-refractivity contribution < 1.29 is 0 Å². The molecule has 1 aromatic heterocycles. The van der Waals surface area contributed by atoms with Crippen molar-refractivity contribution in [1.82, 2.24) is 4.98 Å². The molecule has 0 aliphatic rings. The summed E-state index contributed by atoms with van der Waals surface area (Å²) in [5.74, 6) is 0.692. The lowest BCUT2D eigenvalue weighted by molar-refractivity contribution is 1.16. The summed E-state index contributed by atoms with van der Waals surface area (Å²) in [7, 11) is 0. The van der Waals surface area contributed by atoms with Gasteiger partial charge in [0.25, 0.3) is 0 Å². The van der Waals surface area contributed by atoms with Crippen molar-refractivity contribution in [2.75, 3.05) is 17.6 Å². The number of halogens is 1. The van der Waals surface area contributed by atoms with Crippen molar-refractivity contribution in [3.05, 3.63) is 17.3 Å². The van der Waals surface area contributed by atoms with Crippen LogP contribution in [0.25, 0.3) is 0 Å². The largest absolute Gasteiger partial charge is 0.396 e. The Balaban J connectivity index is 2.90. The second-order valence-corrected chi connectivity index (χ2v) is 2.56. The van der Waals surface area contributed by atoms with E-state index in [4.69, 9.17) is 17.3 Å². The lowest BCUT2D eigenvalue weighted by atomic mass is 10.4. The van der Waals surface area contributed by atoms with Crippen LogP contribution in [0, 0.1) is 0 Å². The Morgan fingerprint density at radius 3 is 3.00 bits per heavy atom. The van der Waals surface area contributed by atoms with Crippen LogP contribution >= 0.6 is 11.6 Å². The molecule has 3 N–H and O–H groups in total. The van der Waals surface area contributed by atoms with E-state index in [1.807, 2.05) is 6.92 Å². The first-order valence-corrected chi connectivity index (χ1v) is 3.76. The average molecular weight is 172 g/mol. The second kappa shape index (κ2) is 3.44. The van der Waals surface area contributed by atoms with Gasteiger partial charge in [-0.1, -0.05) is 11.6 Å². The number of nitrogens with zero attached hydrogens (tertiary/aromatic N) is 1. The fourth-order valence-corrected chi connectivity index (χ4v) is 0.936. The molecule has 0 atom stereocenters. The second-order valence-electron chi connectivity index (χ2n) is 2.12. The summed E-state index contributed by atoms with van der Waals surface area (Å²) in [6.45, 7) is 2.79. The van der Waals surface area contributed by atoms with Crippen LogP contribution in [0.3, 0.4) is 0 Å². The van der Waals surface area contributed by atoms with Gasteiger partial charge in [0.15, 0.2) is 0 Å². The first-order valence-electron chi connectivity index (χ1n) is 3.39. The molecule has 0 aliphatic carbocycles. The number of pyridine rings is 1. The van der Waals surface area contributed by atoms with Gasteiger partial charge in [0, 0.05) is 12.7 Å². The third kappa shape index (κ3) is 1.98. The number of anilines is 2.